The average Bonchev–Trinajstić information content (AvgIpc) is 3.20. The van der Waals surface area contributed by atoms with Crippen LogP contribution in [0.5, 0.6) is 5.88 Å². The van der Waals surface area contributed by atoms with Crippen molar-refractivity contribution < 1.29 is 23.8 Å². The molecule has 0 aliphatic heterocycles. The number of methoxy groups -OCH3 is 1. The van der Waals surface area contributed by atoms with Gasteiger partial charge in [-0.05, 0) is 39.3 Å². The summed E-state index contributed by atoms with van der Waals surface area (Å²) in [7, 11) is 3.00. The van der Waals surface area contributed by atoms with Gasteiger partial charge < -0.3 is 19.9 Å². The predicted molar refractivity (Wildman–Crippen MR) is 135 cm³/mol. The largest absolute Gasteiger partial charge is 0.480 e. The van der Waals surface area contributed by atoms with Gasteiger partial charge in [-0.1, -0.05) is 11.6 Å². The number of aromatic nitrogens is 4. The van der Waals surface area contributed by atoms with E-state index in [4.69, 9.17) is 31.5 Å². The summed E-state index contributed by atoms with van der Waals surface area (Å²) >= 11 is 6.17. The van der Waals surface area contributed by atoms with E-state index >= 15 is 0 Å². The smallest absolute Gasteiger partial charge is 0.414 e. The Bertz CT molecular complexity index is 1320. The standard InChI is InChI=1S/C23H28ClN7O5/c1-13(11-35-12-14-7-15(25)21(34-6)27-9-14)28-20(32)17-10-26-19-16(8-18(24)29-31(17)19)30(5)22(33)36-23(2,3)4/h7-10H,11-12,25H2,1-6H3/b28-13-. The van der Waals surface area contributed by atoms with E-state index in [1.807, 2.05) is 0 Å². The number of hydrogen-bond acceptors (Lipinski definition) is 9. The lowest BCUT2D eigenvalue weighted by atomic mass is 10.2. The lowest BCUT2D eigenvalue weighted by Crippen LogP contribution is -2.34. The number of carbonyl (C=O) groups is 2. The third-order valence-corrected chi connectivity index (χ3v) is 4.85. The number of amides is 2. The van der Waals surface area contributed by atoms with Gasteiger partial charge in [-0.3, -0.25) is 9.69 Å². The second-order valence-corrected chi connectivity index (χ2v) is 9.24. The van der Waals surface area contributed by atoms with E-state index in [9.17, 15) is 9.59 Å². The number of nitrogens with two attached hydrogens (primary N) is 1. The number of nitrogens with zero attached hydrogens (tertiary/aromatic N) is 6. The van der Waals surface area contributed by atoms with Gasteiger partial charge in [0.05, 0.1) is 37.9 Å². The van der Waals surface area contributed by atoms with Gasteiger partial charge in [0.2, 0.25) is 5.88 Å². The Morgan fingerprint density at radius 2 is 1.94 bits per heavy atom. The van der Waals surface area contributed by atoms with E-state index in [1.165, 1.54) is 35.8 Å². The molecule has 0 bridgehead atoms. The molecule has 13 heteroatoms. The minimum Gasteiger partial charge on any atom is -0.480 e. The summed E-state index contributed by atoms with van der Waals surface area (Å²) in [5.74, 6) is -0.260. The molecule has 3 rings (SSSR count). The fourth-order valence-corrected chi connectivity index (χ4v) is 3.27. The molecule has 0 saturated carbocycles. The van der Waals surface area contributed by atoms with Crippen molar-refractivity contribution in [3.63, 3.8) is 0 Å². The molecule has 0 spiro atoms. The van der Waals surface area contributed by atoms with E-state index in [2.05, 4.69) is 20.1 Å². The molecule has 2 N–H and O–H groups in total. The molecule has 0 radical (unpaired) electrons. The molecule has 0 unspecified atom stereocenters. The first kappa shape index (κ1) is 26.8. The second kappa shape index (κ2) is 10.9. The highest BCUT2D eigenvalue weighted by atomic mass is 35.5. The Kier molecular flexibility index (Phi) is 8.10. The number of hydrogen-bond donors (Lipinski definition) is 1. The number of rotatable bonds is 7. The number of halogens is 1. The minimum atomic E-state index is -0.695. The molecule has 3 heterocycles. The van der Waals surface area contributed by atoms with E-state index < -0.39 is 17.6 Å². The maximum atomic E-state index is 12.9. The minimum absolute atomic E-state index is 0.0522. The van der Waals surface area contributed by atoms with E-state index in [0.717, 1.165) is 5.56 Å². The highest BCUT2D eigenvalue weighted by molar-refractivity contribution is 6.29. The number of pyridine rings is 1. The number of ether oxygens (including phenoxy) is 3. The third-order valence-electron chi connectivity index (χ3n) is 4.67. The molecule has 12 nitrogen and oxygen atoms in total. The van der Waals surface area contributed by atoms with E-state index in [-0.39, 0.29) is 29.7 Å². The van der Waals surface area contributed by atoms with Crippen molar-refractivity contribution in [2.75, 3.05) is 31.4 Å². The topological polar surface area (TPSA) is 147 Å². The summed E-state index contributed by atoms with van der Waals surface area (Å²) in [6.07, 6.45) is 2.30. The number of aliphatic imine (C=N–C) groups is 1. The SMILES string of the molecule is COc1ncc(COC/C(C)=N\C(=O)c2cnc3c(N(C)C(=O)OC(C)(C)C)cc(Cl)nn23)cc1N. The summed E-state index contributed by atoms with van der Waals surface area (Å²) in [5, 5.41) is 4.21. The quantitative estimate of drug-likeness (QED) is 0.464. The van der Waals surface area contributed by atoms with Gasteiger partial charge in [-0.2, -0.15) is 5.10 Å². The molecule has 0 aliphatic carbocycles. The molecule has 3 aromatic rings. The van der Waals surface area contributed by atoms with Crippen LogP contribution in [0.3, 0.4) is 0 Å². The summed E-state index contributed by atoms with van der Waals surface area (Å²) in [5.41, 5.74) is 7.35. The fourth-order valence-electron chi connectivity index (χ4n) is 3.09. The molecular weight excluding hydrogens is 490 g/mol. The number of carbonyl (C=O) groups excluding carboxylic acids is 2. The maximum Gasteiger partial charge on any atom is 0.414 e. The summed E-state index contributed by atoms with van der Waals surface area (Å²) in [6.45, 7) is 7.24. The monoisotopic (exact) mass is 517 g/mol. The summed E-state index contributed by atoms with van der Waals surface area (Å²) in [6, 6.07) is 3.16. The van der Waals surface area contributed by atoms with Crippen molar-refractivity contribution in [1.29, 1.82) is 0 Å². The van der Waals surface area contributed by atoms with Crippen molar-refractivity contribution in [2.45, 2.75) is 39.9 Å². The van der Waals surface area contributed by atoms with Crippen molar-refractivity contribution in [2.24, 2.45) is 4.99 Å². The Morgan fingerprint density at radius 1 is 1.22 bits per heavy atom. The van der Waals surface area contributed by atoms with Crippen LogP contribution in [-0.2, 0) is 16.1 Å². The first-order valence-corrected chi connectivity index (χ1v) is 11.2. The lowest BCUT2D eigenvalue weighted by molar-refractivity contribution is 0.0589. The van der Waals surface area contributed by atoms with Gasteiger partial charge in [0.1, 0.15) is 5.60 Å². The molecular formula is C23H28ClN7O5. The third kappa shape index (κ3) is 6.46. The van der Waals surface area contributed by atoms with Crippen molar-refractivity contribution in [3.8, 4) is 5.88 Å². The van der Waals surface area contributed by atoms with Crippen molar-refractivity contribution >= 4 is 46.3 Å². The zero-order valence-corrected chi connectivity index (χ0v) is 21.7. The number of imidazole rings is 1. The highest BCUT2D eigenvalue weighted by Crippen LogP contribution is 2.25. The number of nitrogen functional groups attached to an aromatic ring is 1. The zero-order valence-electron chi connectivity index (χ0n) is 20.9. The van der Waals surface area contributed by atoms with Gasteiger partial charge in [0.25, 0.3) is 5.91 Å². The van der Waals surface area contributed by atoms with Gasteiger partial charge >= 0.3 is 6.09 Å². The molecule has 0 atom stereocenters. The van der Waals surface area contributed by atoms with Gasteiger partial charge in [-0.15, -0.1) is 0 Å². The normalized spacial score (nSPS) is 12.0. The van der Waals surface area contributed by atoms with Crippen molar-refractivity contribution in [3.05, 3.63) is 40.9 Å². The fraction of sp³-hybridized carbons (Fsp3) is 0.391. The molecule has 0 aromatic carbocycles. The summed E-state index contributed by atoms with van der Waals surface area (Å²) < 4.78 is 17.3. The zero-order chi connectivity index (χ0) is 26.6. The van der Waals surface area contributed by atoms with Crippen LogP contribution in [0.4, 0.5) is 16.2 Å². The van der Waals surface area contributed by atoms with Crippen molar-refractivity contribution in [1.82, 2.24) is 19.6 Å². The maximum absolute atomic E-state index is 12.9. The molecule has 0 fully saturated rings. The Balaban J connectivity index is 1.74. The van der Waals surface area contributed by atoms with Gasteiger partial charge in [0, 0.05) is 25.0 Å². The molecule has 36 heavy (non-hydrogen) atoms. The van der Waals surface area contributed by atoms with Crippen LogP contribution >= 0.6 is 11.6 Å². The van der Waals surface area contributed by atoms with E-state index in [0.29, 0.717) is 23.0 Å². The van der Waals surface area contributed by atoms with Gasteiger partial charge in [0.15, 0.2) is 16.5 Å². The van der Waals surface area contributed by atoms with Crippen LogP contribution in [0.15, 0.2) is 29.5 Å². The van der Waals surface area contributed by atoms with Crippen LogP contribution in [0.25, 0.3) is 5.65 Å². The first-order valence-electron chi connectivity index (χ1n) is 10.8. The molecule has 3 aromatic heterocycles. The lowest BCUT2D eigenvalue weighted by Gasteiger charge is -2.24. The van der Waals surface area contributed by atoms with E-state index in [1.54, 1.807) is 40.0 Å². The summed E-state index contributed by atoms with van der Waals surface area (Å²) in [4.78, 5) is 39.1. The van der Waals surface area contributed by atoms with Crippen LogP contribution in [0.2, 0.25) is 5.15 Å². The Morgan fingerprint density at radius 3 is 2.58 bits per heavy atom. The van der Waals surface area contributed by atoms with Gasteiger partial charge in [-0.25, -0.2) is 24.3 Å². The van der Waals surface area contributed by atoms with Crippen LogP contribution in [-0.4, -0.2) is 63.7 Å². The Labute approximate surface area is 213 Å². The second-order valence-electron chi connectivity index (χ2n) is 8.86. The first-order chi connectivity index (χ1) is 16.9. The predicted octanol–water partition coefficient (Wildman–Crippen LogP) is 3.56. The Hall–Kier alpha value is -3.77. The molecule has 0 aliphatic rings. The van der Waals surface area contributed by atoms with Crippen LogP contribution in [0, 0.1) is 0 Å². The highest BCUT2D eigenvalue weighted by Gasteiger charge is 2.25. The number of fused-ring (bicyclic) bond motifs is 1. The van der Waals surface area contributed by atoms with Crippen LogP contribution in [0.1, 0.15) is 43.7 Å². The molecule has 0 saturated heterocycles. The molecule has 2 amide bonds. The van der Waals surface area contributed by atoms with Crippen LogP contribution < -0.4 is 15.4 Å². The number of anilines is 2. The average molecular weight is 518 g/mol. The molecule has 192 valence electrons.